The fourth-order valence-electron chi connectivity index (χ4n) is 3.51. The summed E-state index contributed by atoms with van der Waals surface area (Å²) in [6, 6.07) is 18.0. The number of hydrogen-bond donors (Lipinski definition) is 1. The lowest BCUT2D eigenvalue weighted by molar-refractivity contribution is -0.131. The Balaban J connectivity index is 1.42. The summed E-state index contributed by atoms with van der Waals surface area (Å²) in [6.07, 6.45) is 3.56. The summed E-state index contributed by atoms with van der Waals surface area (Å²) in [6.45, 7) is 4.35. The fraction of sp³-hybridized carbons (Fsp3) is 0.348. The molecule has 2 heterocycles. The molecule has 8 heteroatoms. The van der Waals surface area contributed by atoms with Gasteiger partial charge in [-0.3, -0.25) is 14.2 Å². The minimum Gasteiger partial charge on any atom is -0.341 e. The number of thioether (sulfide) groups is 1. The second-order valence-corrected chi connectivity index (χ2v) is 8.53. The Morgan fingerprint density at radius 2 is 1.77 bits per heavy atom. The Kier molecular flexibility index (Phi) is 7.22. The molecule has 1 saturated heterocycles. The second kappa shape index (κ2) is 10.5. The average molecular weight is 438 g/mol. The van der Waals surface area contributed by atoms with Crippen LogP contribution in [0.5, 0.6) is 0 Å². The van der Waals surface area contributed by atoms with Crippen LogP contribution in [-0.4, -0.2) is 39.5 Å². The number of rotatable bonds is 8. The highest BCUT2D eigenvalue weighted by molar-refractivity contribution is 7.99. The molecule has 0 atom stereocenters. The van der Waals surface area contributed by atoms with Crippen molar-refractivity contribution < 1.29 is 9.63 Å². The van der Waals surface area contributed by atoms with Crippen LogP contribution in [0.25, 0.3) is 5.69 Å². The molecule has 162 valence electrons. The van der Waals surface area contributed by atoms with E-state index in [-0.39, 0.29) is 11.7 Å². The van der Waals surface area contributed by atoms with Crippen LogP contribution in [0.2, 0.25) is 0 Å². The molecular formula is C23H27N5O2S. The van der Waals surface area contributed by atoms with Crippen molar-refractivity contribution in [2.24, 2.45) is 0 Å². The van der Waals surface area contributed by atoms with Gasteiger partial charge >= 0.3 is 0 Å². The minimum atomic E-state index is -0.209. The standard InChI is InChI=1S/C23H27N5O2S/c1-18-10-12-20(13-11-18)28-22(27-14-6-3-7-15-27)24-25-23(28)31-17-21(29)26-30-16-19-8-4-2-5-9-19/h2,4-5,8-13H,3,6-7,14-17H2,1H3,(H,26,29). The monoisotopic (exact) mass is 437 g/mol. The number of piperidine rings is 1. The number of nitrogens with zero attached hydrogens (tertiary/aromatic N) is 4. The van der Waals surface area contributed by atoms with Gasteiger partial charge in [-0.05, 0) is 43.9 Å². The Morgan fingerprint density at radius 3 is 2.52 bits per heavy atom. The minimum absolute atomic E-state index is 0.193. The summed E-state index contributed by atoms with van der Waals surface area (Å²) in [4.78, 5) is 19.9. The van der Waals surface area contributed by atoms with E-state index in [1.54, 1.807) is 0 Å². The van der Waals surface area contributed by atoms with Crippen LogP contribution in [0.15, 0.2) is 59.8 Å². The predicted octanol–water partition coefficient (Wildman–Crippen LogP) is 3.91. The van der Waals surface area contributed by atoms with Gasteiger partial charge in [0.1, 0.15) is 0 Å². The number of nitrogens with one attached hydrogen (secondary N) is 1. The van der Waals surface area contributed by atoms with Crippen LogP contribution in [0, 0.1) is 6.92 Å². The van der Waals surface area contributed by atoms with Crippen molar-refractivity contribution in [1.29, 1.82) is 0 Å². The molecule has 1 aliphatic rings. The van der Waals surface area contributed by atoms with Gasteiger partial charge in [-0.1, -0.05) is 59.8 Å². The largest absolute Gasteiger partial charge is 0.341 e. The maximum Gasteiger partial charge on any atom is 0.254 e. The first-order valence-corrected chi connectivity index (χ1v) is 11.5. The summed E-state index contributed by atoms with van der Waals surface area (Å²) in [5.41, 5.74) is 5.71. The first-order valence-electron chi connectivity index (χ1n) is 10.6. The third-order valence-corrected chi connectivity index (χ3v) is 6.08. The van der Waals surface area contributed by atoms with E-state index in [1.165, 1.54) is 23.7 Å². The summed E-state index contributed by atoms with van der Waals surface area (Å²) in [5.74, 6) is 0.824. The topological polar surface area (TPSA) is 72.3 Å². The molecule has 1 aliphatic heterocycles. The van der Waals surface area contributed by atoms with Gasteiger partial charge in [-0.15, -0.1) is 10.2 Å². The molecule has 1 N–H and O–H groups in total. The molecule has 0 spiro atoms. The fourth-order valence-corrected chi connectivity index (χ4v) is 4.24. The quantitative estimate of drug-likeness (QED) is 0.426. The third-order valence-electron chi connectivity index (χ3n) is 5.15. The van der Waals surface area contributed by atoms with Crippen molar-refractivity contribution in [2.75, 3.05) is 23.7 Å². The van der Waals surface area contributed by atoms with Gasteiger partial charge in [0, 0.05) is 13.1 Å². The molecule has 0 radical (unpaired) electrons. The van der Waals surface area contributed by atoms with Crippen LogP contribution < -0.4 is 10.4 Å². The van der Waals surface area contributed by atoms with Gasteiger partial charge in [0.15, 0.2) is 5.16 Å². The Morgan fingerprint density at radius 1 is 1.03 bits per heavy atom. The van der Waals surface area contributed by atoms with Crippen molar-refractivity contribution in [1.82, 2.24) is 20.2 Å². The molecule has 0 unspecified atom stereocenters. The molecule has 7 nitrogen and oxygen atoms in total. The molecule has 2 aromatic carbocycles. The van der Waals surface area contributed by atoms with Crippen molar-refractivity contribution in [2.45, 2.75) is 37.9 Å². The Bertz CT molecular complexity index is 985. The zero-order valence-electron chi connectivity index (χ0n) is 17.7. The summed E-state index contributed by atoms with van der Waals surface area (Å²) < 4.78 is 2.05. The molecule has 0 aliphatic carbocycles. The number of anilines is 1. The number of aryl methyl sites for hydroxylation is 1. The van der Waals surface area contributed by atoms with E-state index in [2.05, 4.69) is 51.8 Å². The number of carbonyl (C=O) groups excluding carboxylic acids is 1. The number of hydrogen-bond acceptors (Lipinski definition) is 6. The number of carbonyl (C=O) groups is 1. The van der Waals surface area contributed by atoms with E-state index in [0.717, 1.165) is 43.1 Å². The van der Waals surface area contributed by atoms with Gasteiger partial charge in [-0.2, -0.15) is 0 Å². The molecule has 0 saturated carbocycles. The highest BCUT2D eigenvalue weighted by Gasteiger charge is 2.22. The lowest BCUT2D eigenvalue weighted by Gasteiger charge is -2.27. The molecule has 3 aromatic rings. The van der Waals surface area contributed by atoms with E-state index in [0.29, 0.717) is 11.8 Å². The summed E-state index contributed by atoms with van der Waals surface area (Å²) in [7, 11) is 0. The lowest BCUT2D eigenvalue weighted by Crippen LogP contribution is -2.31. The van der Waals surface area contributed by atoms with Crippen molar-refractivity contribution in [3.63, 3.8) is 0 Å². The number of aromatic nitrogens is 3. The second-order valence-electron chi connectivity index (χ2n) is 7.59. The van der Waals surface area contributed by atoms with Gasteiger partial charge in [0.05, 0.1) is 18.0 Å². The molecule has 31 heavy (non-hydrogen) atoms. The smallest absolute Gasteiger partial charge is 0.254 e. The van der Waals surface area contributed by atoms with E-state index >= 15 is 0 Å². The van der Waals surface area contributed by atoms with Gasteiger partial charge in [-0.25, -0.2) is 5.48 Å². The van der Waals surface area contributed by atoms with Crippen LogP contribution >= 0.6 is 11.8 Å². The van der Waals surface area contributed by atoms with Crippen molar-refractivity contribution in [3.05, 3.63) is 65.7 Å². The first-order chi connectivity index (χ1) is 15.2. The lowest BCUT2D eigenvalue weighted by atomic mass is 10.1. The van der Waals surface area contributed by atoms with Gasteiger partial charge in [0.25, 0.3) is 5.91 Å². The predicted molar refractivity (Wildman–Crippen MR) is 122 cm³/mol. The third kappa shape index (κ3) is 5.65. The van der Waals surface area contributed by atoms with Crippen LogP contribution in [0.1, 0.15) is 30.4 Å². The first kappa shape index (κ1) is 21.4. The van der Waals surface area contributed by atoms with Crippen molar-refractivity contribution >= 4 is 23.6 Å². The Hall–Kier alpha value is -2.84. The average Bonchev–Trinajstić information content (AvgIpc) is 3.23. The van der Waals surface area contributed by atoms with E-state index in [9.17, 15) is 4.79 Å². The zero-order chi connectivity index (χ0) is 21.5. The van der Waals surface area contributed by atoms with E-state index in [1.807, 2.05) is 34.9 Å². The summed E-state index contributed by atoms with van der Waals surface area (Å²) >= 11 is 1.36. The highest BCUT2D eigenvalue weighted by Crippen LogP contribution is 2.28. The molecular weight excluding hydrogens is 410 g/mol. The molecule has 1 aromatic heterocycles. The Labute approximate surface area is 186 Å². The van der Waals surface area contributed by atoms with Gasteiger partial charge in [0.2, 0.25) is 5.95 Å². The zero-order valence-corrected chi connectivity index (χ0v) is 18.5. The molecule has 1 fully saturated rings. The SMILES string of the molecule is Cc1ccc(-n2c(SCC(=O)NOCc3ccccc3)nnc2N2CCCCC2)cc1. The molecule has 4 rings (SSSR count). The van der Waals surface area contributed by atoms with Crippen LogP contribution in [-0.2, 0) is 16.2 Å². The normalized spacial score (nSPS) is 13.9. The van der Waals surface area contributed by atoms with E-state index in [4.69, 9.17) is 4.84 Å². The molecule has 0 bridgehead atoms. The van der Waals surface area contributed by atoms with Gasteiger partial charge < -0.3 is 4.90 Å². The number of benzene rings is 2. The number of amides is 1. The molecule has 1 amide bonds. The summed E-state index contributed by atoms with van der Waals surface area (Å²) in [5, 5.41) is 9.57. The van der Waals surface area contributed by atoms with Crippen LogP contribution in [0.4, 0.5) is 5.95 Å². The highest BCUT2D eigenvalue weighted by atomic mass is 32.2. The van der Waals surface area contributed by atoms with Crippen molar-refractivity contribution in [3.8, 4) is 5.69 Å². The number of hydroxylamine groups is 1. The van der Waals surface area contributed by atoms with Crippen LogP contribution in [0.3, 0.4) is 0 Å². The van der Waals surface area contributed by atoms with E-state index < -0.39 is 0 Å². The maximum absolute atomic E-state index is 12.3. The maximum atomic E-state index is 12.3.